The number of para-hydroxylation sites is 1. The third kappa shape index (κ3) is 5.08. The van der Waals surface area contributed by atoms with E-state index in [9.17, 15) is 0 Å². The van der Waals surface area contributed by atoms with Crippen LogP contribution in [0.15, 0.2) is 54.6 Å². The molecule has 1 atom stereocenters. The molecule has 0 aliphatic rings. The summed E-state index contributed by atoms with van der Waals surface area (Å²) in [6, 6.07) is 17.8. The van der Waals surface area contributed by atoms with Crippen molar-refractivity contribution in [2.24, 2.45) is 0 Å². The summed E-state index contributed by atoms with van der Waals surface area (Å²) in [7, 11) is 0. The molecule has 0 aliphatic carbocycles. The van der Waals surface area contributed by atoms with E-state index in [4.69, 9.17) is 17.0 Å². The maximum Gasteiger partial charge on any atom is 0.170 e. The molecule has 110 valence electrons. The molecule has 0 heterocycles. The molecule has 21 heavy (non-hydrogen) atoms. The van der Waals surface area contributed by atoms with Crippen molar-refractivity contribution < 1.29 is 4.74 Å². The highest BCUT2D eigenvalue weighted by Crippen LogP contribution is 2.22. The van der Waals surface area contributed by atoms with Crippen molar-refractivity contribution in [1.29, 1.82) is 0 Å². The fourth-order valence-electron chi connectivity index (χ4n) is 1.72. The Morgan fingerprint density at radius 2 is 1.67 bits per heavy atom. The second-order valence-corrected chi connectivity index (χ2v) is 5.26. The Bertz CT molecular complexity index is 569. The fourth-order valence-corrected chi connectivity index (χ4v) is 2.04. The molecule has 0 saturated heterocycles. The van der Waals surface area contributed by atoms with E-state index in [-0.39, 0.29) is 0 Å². The summed E-state index contributed by atoms with van der Waals surface area (Å²) in [5.41, 5.74) is 0.941. The van der Waals surface area contributed by atoms with Gasteiger partial charge in [0.25, 0.3) is 0 Å². The number of rotatable bonds is 5. The van der Waals surface area contributed by atoms with E-state index in [1.54, 1.807) is 0 Å². The Morgan fingerprint density at radius 1 is 1.05 bits per heavy atom. The Labute approximate surface area is 131 Å². The quantitative estimate of drug-likeness (QED) is 0.793. The highest BCUT2D eigenvalue weighted by atomic mass is 32.1. The molecule has 0 saturated carbocycles. The topological polar surface area (TPSA) is 33.3 Å². The van der Waals surface area contributed by atoms with Crippen LogP contribution in [0, 0.1) is 0 Å². The molecule has 0 unspecified atom stereocenters. The zero-order valence-electron chi connectivity index (χ0n) is 12.3. The summed E-state index contributed by atoms with van der Waals surface area (Å²) in [6.45, 7) is 4.22. The molecule has 2 aromatic carbocycles. The first-order valence-electron chi connectivity index (χ1n) is 7.08. The number of anilines is 1. The molecule has 0 aromatic heterocycles. The van der Waals surface area contributed by atoms with E-state index in [1.807, 2.05) is 54.6 Å². The van der Waals surface area contributed by atoms with E-state index >= 15 is 0 Å². The van der Waals surface area contributed by atoms with Crippen LogP contribution in [0.2, 0.25) is 0 Å². The number of ether oxygens (including phenoxy) is 1. The lowest BCUT2D eigenvalue weighted by molar-refractivity contribution is 0.483. The normalized spacial score (nSPS) is 11.5. The number of hydrogen-bond donors (Lipinski definition) is 2. The van der Waals surface area contributed by atoms with Gasteiger partial charge in [0.1, 0.15) is 11.5 Å². The van der Waals surface area contributed by atoms with Gasteiger partial charge in [0.15, 0.2) is 5.11 Å². The molecular weight excluding hydrogens is 280 g/mol. The first-order chi connectivity index (χ1) is 10.2. The van der Waals surface area contributed by atoms with Crippen molar-refractivity contribution in [2.45, 2.75) is 26.3 Å². The molecule has 3 nitrogen and oxygen atoms in total. The van der Waals surface area contributed by atoms with Crippen LogP contribution in [-0.2, 0) is 0 Å². The fraction of sp³-hybridized carbons (Fsp3) is 0.235. The standard InChI is InChI=1S/C17H20N2OS/c1-3-13(2)18-17(21)19-14-9-11-16(12-10-14)20-15-7-5-4-6-8-15/h4-13H,3H2,1-2H3,(H2,18,19,21)/t13-/m0/s1. The van der Waals surface area contributed by atoms with E-state index < -0.39 is 0 Å². The Morgan fingerprint density at radius 3 is 2.29 bits per heavy atom. The van der Waals surface area contributed by atoms with Crippen LogP contribution in [0.5, 0.6) is 11.5 Å². The Hall–Kier alpha value is -2.07. The zero-order valence-corrected chi connectivity index (χ0v) is 13.1. The Kier molecular flexibility index (Phi) is 5.58. The largest absolute Gasteiger partial charge is 0.457 e. The molecular formula is C17H20N2OS. The number of thiocarbonyl (C=S) groups is 1. The highest BCUT2D eigenvalue weighted by Gasteiger charge is 2.02. The Balaban J connectivity index is 1.91. The SMILES string of the molecule is CC[C@H](C)NC(=S)Nc1ccc(Oc2ccccc2)cc1. The molecule has 2 N–H and O–H groups in total. The van der Waals surface area contributed by atoms with Crippen LogP contribution < -0.4 is 15.4 Å². The minimum atomic E-state index is 0.366. The third-order valence-corrected chi connectivity index (χ3v) is 3.30. The lowest BCUT2D eigenvalue weighted by Gasteiger charge is -2.15. The van der Waals surface area contributed by atoms with Crippen molar-refractivity contribution in [2.75, 3.05) is 5.32 Å². The molecule has 0 spiro atoms. The van der Waals surface area contributed by atoms with Gasteiger partial charge in [-0.2, -0.15) is 0 Å². The maximum atomic E-state index is 5.74. The van der Waals surface area contributed by atoms with Gasteiger partial charge in [-0.3, -0.25) is 0 Å². The first-order valence-corrected chi connectivity index (χ1v) is 7.48. The van der Waals surface area contributed by atoms with Gasteiger partial charge >= 0.3 is 0 Å². The van der Waals surface area contributed by atoms with Crippen molar-refractivity contribution in [1.82, 2.24) is 5.32 Å². The minimum absolute atomic E-state index is 0.366. The van der Waals surface area contributed by atoms with Crippen molar-refractivity contribution in [3.05, 3.63) is 54.6 Å². The molecule has 0 fully saturated rings. The summed E-state index contributed by atoms with van der Waals surface area (Å²) in [6.07, 6.45) is 1.03. The second-order valence-electron chi connectivity index (χ2n) is 4.85. The molecule has 0 amide bonds. The van der Waals surface area contributed by atoms with Crippen LogP contribution in [0.1, 0.15) is 20.3 Å². The predicted octanol–water partition coefficient (Wildman–Crippen LogP) is 4.56. The van der Waals surface area contributed by atoms with Crippen molar-refractivity contribution >= 4 is 23.0 Å². The second kappa shape index (κ2) is 7.64. The van der Waals surface area contributed by atoms with Gasteiger partial charge in [-0.05, 0) is 62.0 Å². The number of nitrogens with one attached hydrogen (secondary N) is 2. The summed E-state index contributed by atoms with van der Waals surface area (Å²) in [4.78, 5) is 0. The minimum Gasteiger partial charge on any atom is -0.457 e. The van der Waals surface area contributed by atoms with Crippen LogP contribution in [0.4, 0.5) is 5.69 Å². The summed E-state index contributed by atoms with van der Waals surface area (Å²) < 4.78 is 5.74. The third-order valence-electron chi connectivity index (χ3n) is 3.08. The van der Waals surface area contributed by atoms with Crippen LogP contribution in [0.3, 0.4) is 0 Å². The smallest absolute Gasteiger partial charge is 0.170 e. The summed E-state index contributed by atoms with van der Waals surface area (Å²) in [5, 5.41) is 7.02. The summed E-state index contributed by atoms with van der Waals surface area (Å²) in [5.74, 6) is 1.62. The van der Waals surface area contributed by atoms with E-state index in [0.717, 1.165) is 23.6 Å². The molecule has 2 aromatic rings. The van der Waals surface area contributed by atoms with Gasteiger partial charge in [0, 0.05) is 11.7 Å². The average molecular weight is 300 g/mol. The first kappa shape index (κ1) is 15.3. The summed E-state index contributed by atoms with van der Waals surface area (Å²) >= 11 is 5.26. The van der Waals surface area contributed by atoms with E-state index in [1.165, 1.54) is 0 Å². The molecule has 4 heteroatoms. The van der Waals surface area contributed by atoms with Gasteiger partial charge in [0.05, 0.1) is 0 Å². The van der Waals surface area contributed by atoms with E-state index in [2.05, 4.69) is 24.5 Å². The molecule has 0 bridgehead atoms. The van der Waals surface area contributed by atoms with Gasteiger partial charge < -0.3 is 15.4 Å². The van der Waals surface area contributed by atoms with Crippen molar-refractivity contribution in [3.63, 3.8) is 0 Å². The lowest BCUT2D eigenvalue weighted by Crippen LogP contribution is -2.35. The van der Waals surface area contributed by atoms with Gasteiger partial charge in [-0.15, -0.1) is 0 Å². The van der Waals surface area contributed by atoms with Crippen LogP contribution in [-0.4, -0.2) is 11.2 Å². The van der Waals surface area contributed by atoms with Crippen LogP contribution >= 0.6 is 12.2 Å². The predicted molar refractivity (Wildman–Crippen MR) is 92.1 cm³/mol. The number of hydrogen-bond acceptors (Lipinski definition) is 2. The molecule has 2 rings (SSSR count). The highest BCUT2D eigenvalue weighted by molar-refractivity contribution is 7.80. The number of benzene rings is 2. The zero-order chi connectivity index (χ0) is 15.1. The monoisotopic (exact) mass is 300 g/mol. The van der Waals surface area contributed by atoms with Gasteiger partial charge in [0.2, 0.25) is 0 Å². The van der Waals surface area contributed by atoms with Gasteiger partial charge in [-0.25, -0.2) is 0 Å². The average Bonchev–Trinajstić information content (AvgIpc) is 2.50. The van der Waals surface area contributed by atoms with Crippen molar-refractivity contribution in [3.8, 4) is 11.5 Å². The van der Waals surface area contributed by atoms with E-state index in [0.29, 0.717) is 11.2 Å². The maximum absolute atomic E-state index is 5.74. The molecule has 0 radical (unpaired) electrons. The van der Waals surface area contributed by atoms with Gasteiger partial charge in [-0.1, -0.05) is 25.1 Å². The molecule has 0 aliphatic heterocycles. The lowest BCUT2D eigenvalue weighted by atomic mass is 10.3. The van der Waals surface area contributed by atoms with Crippen LogP contribution in [0.25, 0.3) is 0 Å².